The van der Waals surface area contributed by atoms with Crippen LogP contribution in [0, 0.1) is 5.82 Å². The third-order valence-electron chi connectivity index (χ3n) is 2.08. The summed E-state index contributed by atoms with van der Waals surface area (Å²) in [5.41, 5.74) is 6.52. The van der Waals surface area contributed by atoms with Crippen LogP contribution in [0.15, 0.2) is 34.9 Å². The minimum Gasteiger partial charge on any atom is -0.383 e. The SMILES string of the molecule is Nc1cc(Br)nc(NCc2ccc(F)cc2)n1. The van der Waals surface area contributed by atoms with Crippen LogP contribution in [0.5, 0.6) is 0 Å². The Morgan fingerprint density at radius 3 is 2.59 bits per heavy atom. The Labute approximate surface area is 106 Å². The molecular formula is C11H10BrFN4. The molecule has 0 aliphatic carbocycles. The largest absolute Gasteiger partial charge is 0.383 e. The van der Waals surface area contributed by atoms with Gasteiger partial charge in [0.2, 0.25) is 5.95 Å². The molecule has 2 rings (SSSR count). The van der Waals surface area contributed by atoms with Crippen molar-refractivity contribution in [1.82, 2.24) is 9.97 Å². The number of anilines is 2. The molecule has 1 aromatic heterocycles. The number of nitrogen functional groups attached to an aromatic ring is 1. The minimum atomic E-state index is -0.253. The summed E-state index contributed by atoms with van der Waals surface area (Å²) in [6, 6.07) is 7.83. The maximum absolute atomic E-state index is 12.7. The zero-order valence-electron chi connectivity index (χ0n) is 8.82. The van der Waals surface area contributed by atoms with Crippen LogP contribution >= 0.6 is 15.9 Å². The summed E-state index contributed by atoms with van der Waals surface area (Å²) in [4.78, 5) is 8.13. The monoisotopic (exact) mass is 296 g/mol. The fourth-order valence-electron chi connectivity index (χ4n) is 1.30. The second-order valence-electron chi connectivity index (χ2n) is 3.42. The van der Waals surface area contributed by atoms with Gasteiger partial charge in [-0.15, -0.1) is 0 Å². The van der Waals surface area contributed by atoms with Crippen molar-refractivity contribution in [3.8, 4) is 0 Å². The highest BCUT2D eigenvalue weighted by atomic mass is 79.9. The summed E-state index contributed by atoms with van der Waals surface area (Å²) < 4.78 is 13.3. The van der Waals surface area contributed by atoms with Gasteiger partial charge in [-0.2, -0.15) is 4.98 Å². The first kappa shape index (κ1) is 11.8. The predicted molar refractivity (Wildman–Crippen MR) is 67.9 cm³/mol. The van der Waals surface area contributed by atoms with Crippen LogP contribution in [0.25, 0.3) is 0 Å². The van der Waals surface area contributed by atoms with Gasteiger partial charge in [-0.1, -0.05) is 12.1 Å². The fraction of sp³-hybridized carbons (Fsp3) is 0.0909. The molecule has 0 saturated carbocycles. The number of halogens is 2. The lowest BCUT2D eigenvalue weighted by atomic mass is 10.2. The molecule has 6 heteroatoms. The predicted octanol–water partition coefficient (Wildman–Crippen LogP) is 2.57. The highest BCUT2D eigenvalue weighted by Crippen LogP contribution is 2.13. The van der Waals surface area contributed by atoms with E-state index >= 15 is 0 Å². The molecule has 0 atom stereocenters. The van der Waals surface area contributed by atoms with Gasteiger partial charge in [0.1, 0.15) is 16.2 Å². The van der Waals surface area contributed by atoms with E-state index in [4.69, 9.17) is 5.73 Å². The van der Waals surface area contributed by atoms with Crippen molar-refractivity contribution >= 4 is 27.7 Å². The second-order valence-corrected chi connectivity index (χ2v) is 4.23. The van der Waals surface area contributed by atoms with E-state index in [1.54, 1.807) is 18.2 Å². The summed E-state index contributed by atoms with van der Waals surface area (Å²) in [5, 5.41) is 3.01. The normalized spacial score (nSPS) is 10.2. The minimum absolute atomic E-state index is 0.253. The number of rotatable bonds is 3. The van der Waals surface area contributed by atoms with Crippen molar-refractivity contribution < 1.29 is 4.39 Å². The first-order valence-electron chi connectivity index (χ1n) is 4.92. The van der Waals surface area contributed by atoms with Gasteiger partial charge in [0.05, 0.1) is 0 Å². The van der Waals surface area contributed by atoms with Crippen molar-refractivity contribution in [2.75, 3.05) is 11.1 Å². The highest BCUT2D eigenvalue weighted by Gasteiger charge is 2.00. The molecule has 0 bridgehead atoms. The lowest BCUT2D eigenvalue weighted by Crippen LogP contribution is -2.05. The van der Waals surface area contributed by atoms with Gasteiger partial charge < -0.3 is 11.1 Å². The van der Waals surface area contributed by atoms with Crippen LogP contribution in [0.1, 0.15) is 5.56 Å². The van der Waals surface area contributed by atoms with Crippen molar-refractivity contribution in [1.29, 1.82) is 0 Å². The maximum Gasteiger partial charge on any atom is 0.225 e. The molecule has 0 fully saturated rings. The molecule has 1 heterocycles. The molecule has 0 aliphatic heterocycles. The zero-order valence-corrected chi connectivity index (χ0v) is 10.4. The first-order valence-corrected chi connectivity index (χ1v) is 5.71. The van der Waals surface area contributed by atoms with E-state index in [-0.39, 0.29) is 5.82 Å². The molecule has 88 valence electrons. The summed E-state index contributed by atoms with van der Waals surface area (Å²) in [6.07, 6.45) is 0. The Balaban J connectivity index is 2.04. The van der Waals surface area contributed by atoms with E-state index < -0.39 is 0 Å². The lowest BCUT2D eigenvalue weighted by molar-refractivity contribution is 0.627. The molecule has 4 nitrogen and oxygen atoms in total. The molecule has 0 saturated heterocycles. The topological polar surface area (TPSA) is 63.8 Å². The van der Waals surface area contributed by atoms with Gasteiger partial charge in [0, 0.05) is 12.6 Å². The van der Waals surface area contributed by atoms with Gasteiger partial charge in [-0.3, -0.25) is 0 Å². The van der Waals surface area contributed by atoms with Gasteiger partial charge >= 0.3 is 0 Å². The average molecular weight is 297 g/mol. The molecular weight excluding hydrogens is 287 g/mol. The number of nitrogens with zero attached hydrogens (tertiary/aromatic N) is 2. The third kappa shape index (κ3) is 3.39. The number of nitrogens with two attached hydrogens (primary N) is 1. The summed E-state index contributed by atoms with van der Waals surface area (Å²) >= 11 is 3.23. The Morgan fingerprint density at radius 2 is 1.94 bits per heavy atom. The van der Waals surface area contributed by atoms with Crippen LogP contribution in [0.3, 0.4) is 0 Å². The molecule has 2 aromatic rings. The van der Waals surface area contributed by atoms with Crippen molar-refractivity contribution in [3.05, 3.63) is 46.3 Å². The van der Waals surface area contributed by atoms with Gasteiger partial charge in [0.15, 0.2) is 0 Å². The quantitative estimate of drug-likeness (QED) is 0.855. The maximum atomic E-state index is 12.7. The summed E-state index contributed by atoms with van der Waals surface area (Å²) in [6.45, 7) is 0.510. The Morgan fingerprint density at radius 1 is 1.24 bits per heavy atom. The number of hydrogen-bond acceptors (Lipinski definition) is 4. The number of benzene rings is 1. The second kappa shape index (κ2) is 5.09. The number of hydrogen-bond donors (Lipinski definition) is 2. The van der Waals surface area contributed by atoms with Crippen molar-refractivity contribution in [2.45, 2.75) is 6.54 Å². The zero-order chi connectivity index (χ0) is 12.3. The summed E-state index contributed by atoms with van der Waals surface area (Å²) in [5.74, 6) is 0.561. The molecule has 3 N–H and O–H groups in total. The molecule has 0 aliphatic rings. The van der Waals surface area contributed by atoms with Crippen LogP contribution in [-0.2, 0) is 6.54 Å². The van der Waals surface area contributed by atoms with E-state index in [2.05, 4.69) is 31.2 Å². The smallest absolute Gasteiger partial charge is 0.225 e. The fourth-order valence-corrected chi connectivity index (χ4v) is 1.70. The van der Waals surface area contributed by atoms with Crippen LogP contribution in [0.4, 0.5) is 16.2 Å². The average Bonchev–Trinajstić information content (AvgIpc) is 2.27. The van der Waals surface area contributed by atoms with E-state index in [1.165, 1.54) is 12.1 Å². The van der Waals surface area contributed by atoms with Crippen molar-refractivity contribution in [2.24, 2.45) is 0 Å². The van der Waals surface area contributed by atoms with E-state index in [1.807, 2.05) is 0 Å². The Kier molecular flexibility index (Phi) is 3.53. The van der Waals surface area contributed by atoms with Crippen molar-refractivity contribution in [3.63, 3.8) is 0 Å². The molecule has 0 amide bonds. The van der Waals surface area contributed by atoms with Crippen LogP contribution < -0.4 is 11.1 Å². The number of nitrogens with one attached hydrogen (secondary N) is 1. The molecule has 1 aromatic carbocycles. The van der Waals surface area contributed by atoms with Gasteiger partial charge in [-0.25, -0.2) is 9.37 Å². The summed E-state index contributed by atoms with van der Waals surface area (Å²) in [7, 11) is 0. The third-order valence-corrected chi connectivity index (χ3v) is 2.48. The molecule has 0 unspecified atom stereocenters. The van der Waals surface area contributed by atoms with Crippen LogP contribution in [-0.4, -0.2) is 9.97 Å². The van der Waals surface area contributed by atoms with Gasteiger partial charge in [-0.05, 0) is 33.6 Å². The standard InChI is InChI=1S/C11H10BrFN4/c12-9-5-10(14)17-11(16-9)15-6-7-1-3-8(13)4-2-7/h1-5H,6H2,(H3,14,15,16,17). The van der Waals surface area contributed by atoms with E-state index in [0.717, 1.165) is 5.56 Å². The van der Waals surface area contributed by atoms with E-state index in [9.17, 15) is 4.39 Å². The van der Waals surface area contributed by atoms with Gasteiger partial charge in [0.25, 0.3) is 0 Å². The number of aromatic nitrogens is 2. The molecule has 0 radical (unpaired) electrons. The van der Waals surface area contributed by atoms with Crippen LogP contribution in [0.2, 0.25) is 0 Å². The molecule has 17 heavy (non-hydrogen) atoms. The Hall–Kier alpha value is -1.69. The lowest BCUT2D eigenvalue weighted by Gasteiger charge is -2.05. The first-order chi connectivity index (χ1) is 8.13. The van der Waals surface area contributed by atoms with E-state index in [0.29, 0.717) is 22.9 Å². The highest BCUT2D eigenvalue weighted by molar-refractivity contribution is 9.10. The Bertz CT molecular complexity index is 495. The molecule has 0 spiro atoms.